The molecule has 102 valence electrons. The maximum Gasteiger partial charge on any atom is 0.243 e. The summed E-state index contributed by atoms with van der Waals surface area (Å²) in [6.07, 6.45) is 1.90. The Morgan fingerprint density at radius 2 is 1.89 bits per heavy atom. The quantitative estimate of drug-likeness (QED) is 0.815. The molecule has 0 fully saturated rings. The third-order valence-electron chi connectivity index (χ3n) is 2.25. The van der Waals surface area contributed by atoms with E-state index in [0.29, 0.717) is 12.2 Å². The predicted molar refractivity (Wildman–Crippen MR) is 79.0 cm³/mol. The van der Waals surface area contributed by atoms with Gasteiger partial charge in [0, 0.05) is 17.5 Å². The molecule has 4 nitrogen and oxygen atoms in total. The molecule has 18 heavy (non-hydrogen) atoms. The molecule has 1 rings (SSSR count). The van der Waals surface area contributed by atoms with Crippen molar-refractivity contribution in [2.45, 2.75) is 17.1 Å². The van der Waals surface area contributed by atoms with Gasteiger partial charge in [0.25, 0.3) is 0 Å². The lowest BCUT2D eigenvalue weighted by atomic mass is 10.3. The van der Waals surface area contributed by atoms with Crippen molar-refractivity contribution >= 4 is 50.7 Å². The first-order valence-electron chi connectivity index (χ1n) is 5.05. The zero-order chi connectivity index (χ0) is 13.9. The molecule has 0 aromatic heterocycles. The Balaban J connectivity index is 3.06. The summed E-state index contributed by atoms with van der Waals surface area (Å²) < 4.78 is 26.6. The van der Waals surface area contributed by atoms with Gasteiger partial charge in [-0.25, -0.2) is 13.1 Å². The van der Waals surface area contributed by atoms with Crippen LogP contribution in [-0.2, 0) is 10.0 Å². The van der Waals surface area contributed by atoms with Gasteiger partial charge in [-0.2, -0.15) is 11.8 Å². The van der Waals surface area contributed by atoms with Crippen molar-refractivity contribution in [2.24, 2.45) is 0 Å². The minimum Gasteiger partial charge on any atom is -0.399 e. The van der Waals surface area contributed by atoms with Crippen LogP contribution in [0.15, 0.2) is 17.0 Å². The number of nitrogen functional groups attached to an aromatic ring is 1. The highest BCUT2D eigenvalue weighted by Gasteiger charge is 2.22. The molecule has 0 heterocycles. The minimum atomic E-state index is -3.73. The van der Waals surface area contributed by atoms with Gasteiger partial charge >= 0.3 is 0 Å². The van der Waals surface area contributed by atoms with E-state index in [1.807, 2.05) is 13.2 Å². The van der Waals surface area contributed by atoms with Crippen LogP contribution >= 0.6 is 35.0 Å². The lowest BCUT2D eigenvalue weighted by Gasteiger charge is -2.13. The Hall–Kier alpha value is -0.140. The zero-order valence-corrected chi connectivity index (χ0v) is 13.1. The van der Waals surface area contributed by atoms with Crippen molar-refractivity contribution < 1.29 is 8.42 Å². The standard InChI is InChI=1S/C10H14Cl2N2O2S2/c1-6(17-2)5-14-18(15,16)10-8(11)3-7(13)4-9(10)12/h3-4,6,14H,5,13H2,1-2H3. The fourth-order valence-electron chi connectivity index (χ4n) is 1.22. The highest BCUT2D eigenvalue weighted by Crippen LogP contribution is 2.31. The van der Waals surface area contributed by atoms with Gasteiger partial charge in [0.15, 0.2) is 0 Å². The van der Waals surface area contributed by atoms with Crippen LogP contribution in [-0.4, -0.2) is 26.5 Å². The molecule has 8 heteroatoms. The van der Waals surface area contributed by atoms with Gasteiger partial charge in [0.1, 0.15) is 4.90 Å². The molecule has 0 saturated heterocycles. The van der Waals surface area contributed by atoms with Gasteiger partial charge in [-0.1, -0.05) is 30.1 Å². The molecule has 3 N–H and O–H groups in total. The Labute approximate surface area is 121 Å². The van der Waals surface area contributed by atoms with Crippen LogP contribution < -0.4 is 10.5 Å². The van der Waals surface area contributed by atoms with Crippen LogP contribution in [0.3, 0.4) is 0 Å². The van der Waals surface area contributed by atoms with Gasteiger partial charge < -0.3 is 5.73 Å². The Kier molecular flexibility index (Phi) is 5.61. The van der Waals surface area contributed by atoms with Gasteiger partial charge in [-0.3, -0.25) is 0 Å². The minimum absolute atomic E-state index is 0.0179. The monoisotopic (exact) mass is 328 g/mol. The van der Waals surface area contributed by atoms with E-state index >= 15 is 0 Å². The van der Waals surface area contributed by atoms with Crippen molar-refractivity contribution in [1.29, 1.82) is 0 Å². The molecule has 0 bridgehead atoms. The van der Waals surface area contributed by atoms with Crippen LogP contribution in [0.25, 0.3) is 0 Å². The Morgan fingerprint density at radius 3 is 2.33 bits per heavy atom. The van der Waals surface area contributed by atoms with Gasteiger partial charge in [0.2, 0.25) is 10.0 Å². The second-order valence-electron chi connectivity index (χ2n) is 3.71. The van der Waals surface area contributed by atoms with E-state index < -0.39 is 10.0 Å². The number of hydrogen-bond acceptors (Lipinski definition) is 4. The molecule has 0 aliphatic rings. The normalized spacial score (nSPS) is 13.6. The summed E-state index contributed by atoms with van der Waals surface area (Å²) in [5, 5.41) is 0.194. The van der Waals surface area contributed by atoms with Crippen LogP contribution in [0.2, 0.25) is 10.0 Å². The second kappa shape index (κ2) is 6.34. The van der Waals surface area contributed by atoms with Crippen molar-refractivity contribution in [3.63, 3.8) is 0 Å². The number of hydrogen-bond donors (Lipinski definition) is 2. The number of halogens is 2. The fourth-order valence-corrected chi connectivity index (χ4v) is 3.93. The summed E-state index contributed by atoms with van der Waals surface area (Å²) in [5.41, 5.74) is 5.85. The first-order valence-corrected chi connectivity index (χ1v) is 8.57. The van der Waals surface area contributed by atoms with E-state index in [0.717, 1.165) is 0 Å². The molecule has 1 aromatic carbocycles. The van der Waals surface area contributed by atoms with Crippen LogP contribution in [0, 0.1) is 0 Å². The van der Waals surface area contributed by atoms with Crippen LogP contribution in [0.5, 0.6) is 0 Å². The average Bonchev–Trinajstić information content (AvgIpc) is 2.24. The number of anilines is 1. The number of benzene rings is 1. The molecular formula is C10H14Cl2N2O2S2. The highest BCUT2D eigenvalue weighted by molar-refractivity contribution is 7.99. The molecule has 1 atom stereocenters. The van der Waals surface area contributed by atoms with E-state index in [1.165, 1.54) is 12.1 Å². The van der Waals surface area contributed by atoms with Crippen LogP contribution in [0.4, 0.5) is 5.69 Å². The van der Waals surface area contributed by atoms with Gasteiger partial charge in [-0.15, -0.1) is 0 Å². The molecule has 0 saturated carbocycles. The van der Waals surface area contributed by atoms with E-state index in [2.05, 4.69) is 4.72 Å². The predicted octanol–water partition coefficient (Wildman–Crippen LogP) is 2.61. The molecule has 0 amide bonds. The molecular weight excluding hydrogens is 315 g/mol. The van der Waals surface area contributed by atoms with Crippen molar-refractivity contribution in [1.82, 2.24) is 4.72 Å². The lowest BCUT2D eigenvalue weighted by molar-refractivity contribution is 0.581. The summed E-state index contributed by atoms with van der Waals surface area (Å²) >= 11 is 13.3. The third-order valence-corrected chi connectivity index (χ3v) is 5.57. The fraction of sp³-hybridized carbons (Fsp3) is 0.400. The number of nitrogens with two attached hydrogens (primary N) is 1. The summed E-state index contributed by atoms with van der Waals surface area (Å²) in [6, 6.07) is 2.72. The largest absolute Gasteiger partial charge is 0.399 e. The van der Waals surface area contributed by atoms with E-state index in [4.69, 9.17) is 28.9 Å². The third kappa shape index (κ3) is 3.93. The smallest absolute Gasteiger partial charge is 0.243 e. The van der Waals surface area contributed by atoms with Crippen LogP contribution in [0.1, 0.15) is 6.92 Å². The van der Waals surface area contributed by atoms with Crippen molar-refractivity contribution in [3.05, 3.63) is 22.2 Å². The highest BCUT2D eigenvalue weighted by atomic mass is 35.5. The summed E-state index contributed by atoms with van der Waals surface area (Å²) in [7, 11) is -3.73. The number of sulfonamides is 1. The number of thioether (sulfide) groups is 1. The summed E-state index contributed by atoms with van der Waals surface area (Å²) in [6.45, 7) is 2.22. The first-order chi connectivity index (χ1) is 8.27. The molecule has 0 spiro atoms. The van der Waals surface area contributed by atoms with Gasteiger partial charge in [-0.05, 0) is 18.4 Å². The topological polar surface area (TPSA) is 72.2 Å². The molecule has 0 aliphatic carbocycles. The Morgan fingerprint density at radius 1 is 1.39 bits per heavy atom. The number of rotatable bonds is 5. The SMILES string of the molecule is CSC(C)CNS(=O)(=O)c1c(Cl)cc(N)cc1Cl. The van der Waals surface area contributed by atoms with Crippen molar-refractivity contribution in [3.8, 4) is 0 Å². The van der Waals surface area contributed by atoms with Gasteiger partial charge in [0.05, 0.1) is 10.0 Å². The van der Waals surface area contributed by atoms with Crippen molar-refractivity contribution in [2.75, 3.05) is 18.5 Å². The Bertz CT molecular complexity index is 512. The maximum absolute atomic E-state index is 12.1. The summed E-state index contributed by atoms with van der Waals surface area (Å²) in [4.78, 5) is -0.131. The lowest BCUT2D eigenvalue weighted by Crippen LogP contribution is -2.30. The molecule has 1 aromatic rings. The second-order valence-corrected chi connectivity index (χ2v) is 7.51. The molecule has 1 unspecified atom stereocenters. The summed E-state index contributed by atoms with van der Waals surface area (Å²) in [5.74, 6) is 0. The zero-order valence-electron chi connectivity index (χ0n) is 9.91. The maximum atomic E-state index is 12.1. The molecule has 0 radical (unpaired) electrons. The number of nitrogens with one attached hydrogen (secondary N) is 1. The van der Waals surface area contributed by atoms with E-state index in [1.54, 1.807) is 11.8 Å². The van der Waals surface area contributed by atoms with E-state index in [9.17, 15) is 8.42 Å². The average molecular weight is 329 g/mol. The van der Waals surface area contributed by atoms with E-state index in [-0.39, 0.29) is 20.2 Å². The molecule has 0 aliphatic heterocycles. The first kappa shape index (κ1) is 15.9.